The van der Waals surface area contributed by atoms with Gasteiger partial charge in [-0.3, -0.25) is 14.5 Å². The molecule has 1 aliphatic rings. The zero-order valence-electron chi connectivity index (χ0n) is 18.1. The molecule has 1 N–H and O–H groups in total. The van der Waals surface area contributed by atoms with Crippen LogP contribution in [0.25, 0.3) is 0 Å². The summed E-state index contributed by atoms with van der Waals surface area (Å²) < 4.78 is 13.5. The minimum atomic E-state index is -1.30. The van der Waals surface area contributed by atoms with Gasteiger partial charge in [0.25, 0.3) is 5.91 Å². The molecule has 31 heavy (non-hydrogen) atoms. The first-order valence-corrected chi connectivity index (χ1v) is 10.6. The Morgan fingerprint density at radius 1 is 1.10 bits per heavy atom. The number of rotatable bonds is 8. The van der Waals surface area contributed by atoms with Crippen LogP contribution in [-0.2, 0) is 15.1 Å². The van der Waals surface area contributed by atoms with Crippen molar-refractivity contribution >= 4 is 23.5 Å². The van der Waals surface area contributed by atoms with Crippen LogP contribution < -0.4 is 10.2 Å². The number of carbonyl (C=O) groups is 3. The summed E-state index contributed by atoms with van der Waals surface area (Å²) in [7, 11) is 0. The van der Waals surface area contributed by atoms with Gasteiger partial charge >= 0.3 is 6.03 Å². The average Bonchev–Trinajstić information content (AvgIpc) is 2.98. The van der Waals surface area contributed by atoms with E-state index in [0.29, 0.717) is 24.1 Å². The summed E-state index contributed by atoms with van der Waals surface area (Å²) in [6.07, 6.45) is 1.88. The lowest BCUT2D eigenvalue weighted by molar-refractivity contribution is -0.135. The summed E-state index contributed by atoms with van der Waals surface area (Å²) in [6, 6.07) is 13.9. The van der Waals surface area contributed by atoms with Crippen LogP contribution in [0.15, 0.2) is 54.6 Å². The summed E-state index contributed by atoms with van der Waals surface area (Å²) in [6.45, 7) is 5.37. The molecular weight excluding hydrogens is 397 g/mol. The molecule has 164 valence electrons. The number of anilines is 1. The lowest BCUT2D eigenvalue weighted by atomic mass is 9.85. The molecule has 3 rings (SSSR count). The molecule has 2 aromatic carbocycles. The molecule has 0 aromatic heterocycles. The summed E-state index contributed by atoms with van der Waals surface area (Å²) >= 11 is 0. The van der Waals surface area contributed by atoms with Gasteiger partial charge in [-0.25, -0.2) is 9.18 Å². The third kappa shape index (κ3) is 4.45. The van der Waals surface area contributed by atoms with Gasteiger partial charge in [-0.05, 0) is 50.1 Å². The topological polar surface area (TPSA) is 69.7 Å². The Balaban J connectivity index is 1.90. The molecule has 0 spiro atoms. The second kappa shape index (κ2) is 9.29. The van der Waals surface area contributed by atoms with E-state index < -0.39 is 23.3 Å². The number of hydrogen-bond donors (Lipinski definition) is 1. The van der Waals surface area contributed by atoms with Gasteiger partial charge in [0.05, 0.1) is 0 Å². The molecule has 4 amide bonds. The summed E-state index contributed by atoms with van der Waals surface area (Å²) in [4.78, 5) is 42.0. The molecule has 0 radical (unpaired) electrons. The highest BCUT2D eigenvalue weighted by atomic mass is 19.1. The van der Waals surface area contributed by atoms with Crippen LogP contribution in [0, 0.1) is 5.82 Å². The van der Waals surface area contributed by atoms with Crippen molar-refractivity contribution in [2.24, 2.45) is 0 Å². The quantitative estimate of drug-likeness (QED) is 0.645. The first-order valence-electron chi connectivity index (χ1n) is 10.6. The molecule has 1 saturated heterocycles. The molecule has 1 atom stereocenters. The summed E-state index contributed by atoms with van der Waals surface area (Å²) in [5, 5.41) is 2.80. The number of para-hydroxylation sites is 1. The van der Waals surface area contributed by atoms with Gasteiger partial charge in [-0.1, -0.05) is 50.1 Å². The van der Waals surface area contributed by atoms with Crippen molar-refractivity contribution in [1.29, 1.82) is 0 Å². The van der Waals surface area contributed by atoms with Crippen LogP contribution >= 0.6 is 0 Å². The normalized spacial score (nSPS) is 18.4. The van der Waals surface area contributed by atoms with E-state index in [1.54, 1.807) is 4.90 Å². The number of imide groups is 1. The lowest BCUT2D eigenvalue weighted by Gasteiger charge is -2.29. The molecule has 6 nitrogen and oxygen atoms in total. The monoisotopic (exact) mass is 425 g/mol. The van der Waals surface area contributed by atoms with Crippen LogP contribution in [0.4, 0.5) is 14.9 Å². The molecular formula is C24H28FN3O3. The largest absolute Gasteiger partial charge is 0.325 e. The molecule has 1 aliphatic heterocycles. The van der Waals surface area contributed by atoms with Crippen molar-refractivity contribution in [2.75, 3.05) is 11.4 Å². The average molecular weight is 426 g/mol. The van der Waals surface area contributed by atoms with Crippen LogP contribution in [0.1, 0.15) is 45.6 Å². The summed E-state index contributed by atoms with van der Waals surface area (Å²) in [5.74, 6) is -1.26. The SMILES string of the molecule is CCCCC1(c2ccc(F)cc2)NC(=O)N(CC(=O)N(c2ccccc2)C(C)C)C1=O. The number of halogens is 1. The van der Waals surface area contributed by atoms with Crippen LogP contribution in [0.3, 0.4) is 0 Å². The molecule has 0 bridgehead atoms. The van der Waals surface area contributed by atoms with E-state index in [-0.39, 0.29) is 18.5 Å². The fraction of sp³-hybridized carbons (Fsp3) is 0.375. The fourth-order valence-electron chi connectivity index (χ4n) is 3.99. The fourth-order valence-corrected chi connectivity index (χ4v) is 3.99. The summed E-state index contributed by atoms with van der Waals surface area (Å²) in [5.41, 5.74) is -0.0824. The first-order chi connectivity index (χ1) is 14.8. The van der Waals surface area contributed by atoms with Crippen LogP contribution in [0.2, 0.25) is 0 Å². The van der Waals surface area contributed by atoms with Gasteiger partial charge < -0.3 is 10.2 Å². The van der Waals surface area contributed by atoms with Crippen molar-refractivity contribution in [3.63, 3.8) is 0 Å². The maximum absolute atomic E-state index is 13.5. The number of amides is 4. The number of unbranched alkanes of at least 4 members (excludes halogenated alkanes) is 1. The molecule has 1 heterocycles. The van der Waals surface area contributed by atoms with Crippen molar-refractivity contribution < 1.29 is 18.8 Å². The van der Waals surface area contributed by atoms with Gasteiger partial charge in [0, 0.05) is 11.7 Å². The Hall–Kier alpha value is -3.22. The van der Waals surface area contributed by atoms with Gasteiger partial charge in [-0.2, -0.15) is 0 Å². The highest BCUT2D eigenvalue weighted by Crippen LogP contribution is 2.34. The van der Waals surface area contributed by atoms with Crippen molar-refractivity contribution in [3.05, 3.63) is 66.0 Å². The van der Waals surface area contributed by atoms with Crippen molar-refractivity contribution in [1.82, 2.24) is 10.2 Å². The molecule has 2 aromatic rings. The molecule has 0 aliphatic carbocycles. The van der Waals surface area contributed by atoms with E-state index in [1.165, 1.54) is 24.3 Å². The van der Waals surface area contributed by atoms with E-state index >= 15 is 0 Å². The number of hydrogen-bond acceptors (Lipinski definition) is 3. The van der Waals surface area contributed by atoms with E-state index in [4.69, 9.17) is 0 Å². The Morgan fingerprint density at radius 3 is 2.32 bits per heavy atom. The second-order valence-corrected chi connectivity index (χ2v) is 8.03. The maximum Gasteiger partial charge on any atom is 0.325 e. The van der Waals surface area contributed by atoms with Crippen molar-refractivity contribution in [3.8, 4) is 0 Å². The van der Waals surface area contributed by atoms with Gasteiger partial charge in [0.1, 0.15) is 17.9 Å². The third-order valence-electron chi connectivity index (χ3n) is 5.53. The lowest BCUT2D eigenvalue weighted by Crippen LogP contribution is -2.47. The van der Waals surface area contributed by atoms with E-state index in [9.17, 15) is 18.8 Å². The standard InChI is InChI=1S/C24H28FN3O3/c1-4-5-15-24(18-11-13-19(25)14-12-18)22(30)27(23(31)26-24)16-21(29)28(17(2)3)20-9-7-6-8-10-20/h6-14,17H,4-5,15-16H2,1-3H3,(H,26,31). The van der Waals surface area contributed by atoms with Crippen molar-refractivity contribution in [2.45, 2.75) is 51.6 Å². The number of benzene rings is 2. The predicted molar refractivity (Wildman–Crippen MR) is 117 cm³/mol. The highest BCUT2D eigenvalue weighted by molar-refractivity contribution is 6.10. The van der Waals surface area contributed by atoms with E-state index in [1.807, 2.05) is 51.1 Å². The molecule has 0 saturated carbocycles. The molecule has 7 heteroatoms. The Labute approximate surface area is 182 Å². The highest BCUT2D eigenvalue weighted by Gasteiger charge is 2.52. The maximum atomic E-state index is 13.5. The minimum absolute atomic E-state index is 0.155. The van der Waals surface area contributed by atoms with Crippen LogP contribution in [-0.4, -0.2) is 35.3 Å². The molecule has 1 fully saturated rings. The third-order valence-corrected chi connectivity index (χ3v) is 5.53. The van der Waals surface area contributed by atoms with E-state index in [0.717, 1.165) is 11.3 Å². The predicted octanol–water partition coefficient (Wildman–Crippen LogP) is 4.20. The smallest absolute Gasteiger partial charge is 0.319 e. The van der Waals surface area contributed by atoms with Gasteiger partial charge in [0.2, 0.25) is 5.91 Å². The number of urea groups is 1. The zero-order valence-corrected chi connectivity index (χ0v) is 18.1. The number of nitrogens with zero attached hydrogens (tertiary/aromatic N) is 2. The Kier molecular flexibility index (Phi) is 6.73. The first kappa shape index (κ1) is 22.5. The Morgan fingerprint density at radius 2 is 1.74 bits per heavy atom. The van der Waals surface area contributed by atoms with E-state index in [2.05, 4.69) is 5.32 Å². The van der Waals surface area contributed by atoms with Crippen LogP contribution in [0.5, 0.6) is 0 Å². The number of carbonyl (C=O) groups excluding carboxylic acids is 3. The van der Waals surface area contributed by atoms with Gasteiger partial charge in [0.15, 0.2) is 0 Å². The second-order valence-electron chi connectivity index (χ2n) is 8.03. The zero-order chi connectivity index (χ0) is 22.6. The minimum Gasteiger partial charge on any atom is -0.319 e. The van der Waals surface area contributed by atoms with Gasteiger partial charge in [-0.15, -0.1) is 0 Å². The number of nitrogens with one attached hydrogen (secondary N) is 1. The molecule has 1 unspecified atom stereocenters. The Bertz CT molecular complexity index is 946.